The molecule has 0 amide bonds. The summed E-state index contributed by atoms with van der Waals surface area (Å²) in [7, 11) is 0. The average molecular weight is 420 g/mol. The van der Waals surface area contributed by atoms with Crippen LogP contribution in [0.5, 0.6) is 0 Å². The second-order valence-electron chi connectivity index (χ2n) is 6.17. The number of benzene rings is 2. The highest BCUT2D eigenvalue weighted by Gasteiger charge is 2.46. The lowest BCUT2D eigenvalue weighted by Gasteiger charge is -2.21. The first-order valence-electron chi connectivity index (χ1n) is 8.85. The molecule has 3 aromatic rings. The summed E-state index contributed by atoms with van der Waals surface area (Å²) in [5, 5.41) is 8.48. The lowest BCUT2D eigenvalue weighted by molar-refractivity contribution is -0.0428. The summed E-state index contributed by atoms with van der Waals surface area (Å²) >= 11 is -3.18. The molecule has 2 aromatic carbocycles. The normalized spacial score (nSPS) is 12.4. The molecule has 0 saturated heterocycles. The van der Waals surface area contributed by atoms with Gasteiger partial charge in [-0.1, -0.05) is 42.5 Å². The highest BCUT2D eigenvalue weighted by molar-refractivity contribution is 7.93. The Morgan fingerprint density at radius 1 is 1.00 bits per heavy atom. The minimum Gasteiger partial charge on any atom is -0.586 e. The molecule has 5 nitrogen and oxygen atoms in total. The number of nitrogens with zero attached hydrogens (tertiary/aromatic N) is 3. The van der Waals surface area contributed by atoms with E-state index in [1.54, 1.807) is 18.2 Å². The third-order valence-corrected chi connectivity index (χ3v) is 4.99. The Bertz CT molecular complexity index is 923. The van der Waals surface area contributed by atoms with Crippen molar-refractivity contribution in [2.75, 3.05) is 16.2 Å². The highest BCUT2D eigenvalue weighted by Crippen LogP contribution is 2.27. The lowest BCUT2D eigenvalue weighted by atomic mass is 10.1. The van der Waals surface area contributed by atoms with Crippen LogP contribution in [-0.2, 0) is 17.9 Å². The molecule has 0 saturated carbocycles. The van der Waals surface area contributed by atoms with Crippen LogP contribution in [0.2, 0.25) is 0 Å². The Labute approximate surface area is 169 Å². The van der Waals surface area contributed by atoms with Crippen molar-refractivity contribution >= 4 is 22.9 Å². The van der Waals surface area contributed by atoms with E-state index in [2.05, 4.69) is 15.1 Å². The van der Waals surface area contributed by atoms with Gasteiger partial charge in [-0.3, -0.25) is 0 Å². The standard InChI is InChI=1S/C20H19F3N4OS/c1-2-27(14-15-7-4-3-5-8-15)19-12-11-18(24-25-19)16-9-6-10-17(13-16)26-29(28)20(21,22)23/h3-13,26H,2,14H2,1H3. The van der Waals surface area contributed by atoms with Crippen LogP contribution in [0, 0.1) is 0 Å². The highest BCUT2D eigenvalue weighted by atomic mass is 32.2. The van der Waals surface area contributed by atoms with E-state index in [0.29, 0.717) is 23.6 Å². The molecule has 1 atom stereocenters. The predicted octanol–water partition coefficient (Wildman–Crippen LogP) is 4.77. The van der Waals surface area contributed by atoms with E-state index >= 15 is 0 Å². The predicted molar refractivity (Wildman–Crippen MR) is 108 cm³/mol. The van der Waals surface area contributed by atoms with Crippen molar-refractivity contribution in [1.29, 1.82) is 0 Å². The fourth-order valence-corrected chi connectivity index (χ4v) is 3.17. The molecule has 1 aromatic heterocycles. The Morgan fingerprint density at radius 2 is 1.76 bits per heavy atom. The second kappa shape index (κ2) is 9.15. The van der Waals surface area contributed by atoms with Gasteiger partial charge in [0.25, 0.3) is 0 Å². The maximum absolute atomic E-state index is 12.5. The quantitative estimate of drug-likeness (QED) is 0.558. The molecule has 9 heteroatoms. The SMILES string of the molecule is CCN(Cc1ccccc1)c1ccc(-c2cccc(N[S+]([O-])C(F)(F)F)c2)nn1. The number of hydrogen-bond donors (Lipinski definition) is 1. The summed E-state index contributed by atoms with van der Waals surface area (Å²) in [6, 6.07) is 19.7. The Morgan fingerprint density at radius 3 is 2.38 bits per heavy atom. The van der Waals surface area contributed by atoms with E-state index in [4.69, 9.17) is 0 Å². The van der Waals surface area contributed by atoms with Gasteiger partial charge in [-0.15, -0.1) is 23.4 Å². The summed E-state index contributed by atoms with van der Waals surface area (Å²) in [4.78, 5) is 2.07. The van der Waals surface area contributed by atoms with Gasteiger partial charge in [-0.05, 0) is 36.8 Å². The summed E-state index contributed by atoms with van der Waals surface area (Å²) < 4.78 is 50.6. The van der Waals surface area contributed by atoms with Crippen LogP contribution in [0.1, 0.15) is 12.5 Å². The number of halogens is 3. The van der Waals surface area contributed by atoms with Gasteiger partial charge < -0.3 is 9.45 Å². The summed E-state index contributed by atoms with van der Waals surface area (Å²) in [6.45, 7) is 3.45. The number of nitrogens with one attached hydrogen (secondary N) is 1. The minimum atomic E-state index is -4.83. The molecule has 152 valence electrons. The number of hydrogen-bond acceptors (Lipinski definition) is 5. The minimum absolute atomic E-state index is 0.0864. The third-order valence-electron chi connectivity index (χ3n) is 4.15. The molecule has 0 aliphatic heterocycles. The van der Waals surface area contributed by atoms with Crippen LogP contribution < -0.4 is 9.62 Å². The molecular formula is C20H19F3N4OS. The largest absolute Gasteiger partial charge is 0.598 e. The van der Waals surface area contributed by atoms with Gasteiger partial charge in [0, 0.05) is 18.7 Å². The second-order valence-corrected chi connectivity index (χ2v) is 7.38. The Balaban J connectivity index is 1.75. The molecule has 0 bridgehead atoms. The first-order chi connectivity index (χ1) is 13.9. The summed E-state index contributed by atoms with van der Waals surface area (Å²) in [6.07, 6.45) is 0. The molecule has 0 radical (unpaired) electrons. The lowest BCUT2D eigenvalue weighted by Crippen LogP contribution is -2.29. The van der Waals surface area contributed by atoms with Crippen molar-refractivity contribution in [3.05, 3.63) is 72.3 Å². The van der Waals surface area contributed by atoms with Crippen LogP contribution >= 0.6 is 0 Å². The number of alkyl halides is 3. The van der Waals surface area contributed by atoms with Crippen LogP contribution in [0.15, 0.2) is 66.7 Å². The van der Waals surface area contributed by atoms with Crippen molar-refractivity contribution < 1.29 is 17.7 Å². The van der Waals surface area contributed by atoms with Gasteiger partial charge in [0.1, 0.15) is 0 Å². The van der Waals surface area contributed by atoms with Crippen LogP contribution in [0.3, 0.4) is 0 Å². The molecule has 3 rings (SSSR count). The number of aromatic nitrogens is 2. The molecule has 1 heterocycles. The zero-order chi connectivity index (χ0) is 20.9. The maximum atomic E-state index is 12.5. The van der Waals surface area contributed by atoms with Crippen molar-refractivity contribution in [2.45, 2.75) is 19.0 Å². The zero-order valence-corrected chi connectivity index (χ0v) is 16.4. The van der Waals surface area contributed by atoms with Gasteiger partial charge >= 0.3 is 5.51 Å². The topological polar surface area (TPSA) is 64.1 Å². The van der Waals surface area contributed by atoms with Crippen molar-refractivity contribution in [3.8, 4) is 11.3 Å². The van der Waals surface area contributed by atoms with Gasteiger partial charge in [-0.25, -0.2) is 4.72 Å². The summed E-state index contributed by atoms with van der Waals surface area (Å²) in [5.74, 6) is 0.701. The molecule has 29 heavy (non-hydrogen) atoms. The number of rotatable bonds is 7. The van der Waals surface area contributed by atoms with Crippen LogP contribution in [-0.4, -0.2) is 26.8 Å². The van der Waals surface area contributed by atoms with Gasteiger partial charge in [-0.2, -0.15) is 0 Å². The van der Waals surface area contributed by atoms with E-state index in [1.807, 2.05) is 48.0 Å². The molecule has 0 aliphatic rings. The fourth-order valence-electron chi connectivity index (χ4n) is 2.71. The Kier molecular flexibility index (Phi) is 6.60. The van der Waals surface area contributed by atoms with Crippen molar-refractivity contribution in [3.63, 3.8) is 0 Å². The first kappa shape index (κ1) is 20.9. The van der Waals surface area contributed by atoms with Crippen molar-refractivity contribution in [1.82, 2.24) is 10.2 Å². The van der Waals surface area contributed by atoms with Gasteiger partial charge in [0.15, 0.2) is 17.2 Å². The monoisotopic (exact) mass is 420 g/mol. The number of anilines is 2. The van der Waals surface area contributed by atoms with E-state index in [9.17, 15) is 17.7 Å². The zero-order valence-electron chi connectivity index (χ0n) is 15.6. The van der Waals surface area contributed by atoms with E-state index in [-0.39, 0.29) is 5.69 Å². The van der Waals surface area contributed by atoms with E-state index in [1.165, 1.54) is 12.1 Å². The van der Waals surface area contributed by atoms with E-state index in [0.717, 1.165) is 12.1 Å². The third kappa shape index (κ3) is 5.61. The summed E-state index contributed by atoms with van der Waals surface area (Å²) in [5.41, 5.74) is -2.52. The molecule has 1 N–H and O–H groups in total. The fraction of sp³-hybridized carbons (Fsp3) is 0.200. The molecule has 0 aliphatic carbocycles. The molecular weight excluding hydrogens is 401 g/mol. The van der Waals surface area contributed by atoms with Gasteiger partial charge in [0.05, 0.1) is 11.4 Å². The van der Waals surface area contributed by atoms with Crippen LogP contribution in [0.25, 0.3) is 11.3 Å². The van der Waals surface area contributed by atoms with Crippen molar-refractivity contribution in [2.24, 2.45) is 0 Å². The molecule has 0 fully saturated rings. The van der Waals surface area contributed by atoms with Crippen LogP contribution in [0.4, 0.5) is 24.7 Å². The Hall–Kier alpha value is -2.78. The average Bonchev–Trinajstić information content (AvgIpc) is 2.72. The molecule has 1 unspecified atom stereocenters. The molecule has 0 spiro atoms. The smallest absolute Gasteiger partial charge is 0.586 e. The van der Waals surface area contributed by atoms with E-state index < -0.39 is 16.9 Å². The first-order valence-corrected chi connectivity index (χ1v) is 10.00. The van der Waals surface area contributed by atoms with Gasteiger partial charge in [0.2, 0.25) is 0 Å². The maximum Gasteiger partial charge on any atom is 0.598 e.